The molecule has 92 valence electrons. The number of nitrogens with one attached hydrogen (secondary N) is 1. The average Bonchev–Trinajstić information content (AvgIpc) is 2.90. The van der Waals surface area contributed by atoms with E-state index in [1.807, 2.05) is 12.1 Å². The zero-order chi connectivity index (χ0) is 11.8. The number of anilines is 2. The number of hydrogen-bond donors (Lipinski definition) is 2. The van der Waals surface area contributed by atoms with Crippen LogP contribution in [-0.2, 0) is 0 Å². The van der Waals surface area contributed by atoms with Crippen molar-refractivity contribution in [1.82, 2.24) is 4.98 Å². The molecule has 2 bridgehead atoms. The van der Waals surface area contributed by atoms with Crippen LogP contribution in [0, 0.1) is 17.8 Å². The molecule has 1 aromatic heterocycles. The molecule has 2 aliphatic carbocycles. The van der Waals surface area contributed by atoms with Crippen molar-refractivity contribution in [1.29, 1.82) is 0 Å². The van der Waals surface area contributed by atoms with Gasteiger partial charge < -0.3 is 11.1 Å². The van der Waals surface area contributed by atoms with Crippen molar-refractivity contribution in [3.63, 3.8) is 0 Å². The topological polar surface area (TPSA) is 50.9 Å². The highest BCUT2D eigenvalue weighted by molar-refractivity contribution is 5.48. The lowest BCUT2D eigenvalue weighted by molar-refractivity contribution is 0.304. The Balaban J connectivity index is 1.65. The summed E-state index contributed by atoms with van der Waals surface area (Å²) < 4.78 is 0. The van der Waals surface area contributed by atoms with Crippen molar-refractivity contribution < 1.29 is 0 Å². The predicted molar refractivity (Wildman–Crippen MR) is 70.7 cm³/mol. The second-order valence-corrected chi connectivity index (χ2v) is 5.75. The normalized spacial score (nSPS) is 32.6. The van der Waals surface area contributed by atoms with Crippen LogP contribution in [0.4, 0.5) is 11.5 Å². The summed E-state index contributed by atoms with van der Waals surface area (Å²) in [5.41, 5.74) is 6.55. The maximum atomic E-state index is 5.77. The van der Waals surface area contributed by atoms with Crippen LogP contribution in [0.1, 0.15) is 32.6 Å². The molecule has 2 saturated carbocycles. The van der Waals surface area contributed by atoms with E-state index < -0.39 is 0 Å². The zero-order valence-corrected chi connectivity index (χ0v) is 10.4. The third kappa shape index (κ3) is 2.11. The average molecular weight is 231 g/mol. The lowest BCUT2D eigenvalue weighted by Gasteiger charge is -2.28. The number of hydrogen-bond acceptors (Lipinski definition) is 3. The highest BCUT2D eigenvalue weighted by Gasteiger charge is 2.41. The highest BCUT2D eigenvalue weighted by Crippen LogP contribution is 2.49. The SMILES string of the molecule is CC(Nc1cc(N)ccn1)C1CC2CCC1C2. The molecule has 4 atom stereocenters. The minimum Gasteiger partial charge on any atom is -0.399 e. The van der Waals surface area contributed by atoms with Gasteiger partial charge in [0.2, 0.25) is 0 Å². The standard InChI is InChI=1S/C14H21N3/c1-9(13-7-10-2-3-11(13)6-10)17-14-8-12(15)4-5-16-14/h4-5,8-11,13H,2-3,6-7H2,1H3,(H3,15,16,17). The van der Waals surface area contributed by atoms with E-state index in [2.05, 4.69) is 17.2 Å². The zero-order valence-electron chi connectivity index (χ0n) is 10.4. The lowest BCUT2D eigenvalue weighted by atomic mass is 9.84. The van der Waals surface area contributed by atoms with Gasteiger partial charge in [-0.1, -0.05) is 6.42 Å². The van der Waals surface area contributed by atoms with Crippen LogP contribution in [0.2, 0.25) is 0 Å². The van der Waals surface area contributed by atoms with Gasteiger partial charge in [-0.3, -0.25) is 0 Å². The number of fused-ring (bicyclic) bond motifs is 2. The first-order chi connectivity index (χ1) is 8.22. The van der Waals surface area contributed by atoms with E-state index in [1.54, 1.807) is 6.20 Å². The Morgan fingerprint density at radius 2 is 2.29 bits per heavy atom. The summed E-state index contributed by atoms with van der Waals surface area (Å²) >= 11 is 0. The number of nitrogens with zero attached hydrogens (tertiary/aromatic N) is 1. The van der Waals surface area contributed by atoms with E-state index in [4.69, 9.17) is 5.73 Å². The Bertz CT molecular complexity index is 404. The summed E-state index contributed by atoms with van der Waals surface area (Å²) in [5.74, 6) is 3.70. The molecule has 4 unspecified atom stereocenters. The van der Waals surface area contributed by atoms with Gasteiger partial charge in [0.05, 0.1) is 0 Å². The molecule has 2 fully saturated rings. The Morgan fingerprint density at radius 3 is 2.94 bits per heavy atom. The molecule has 17 heavy (non-hydrogen) atoms. The van der Waals surface area contributed by atoms with Crippen LogP contribution in [0.25, 0.3) is 0 Å². The van der Waals surface area contributed by atoms with Crippen LogP contribution >= 0.6 is 0 Å². The summed E-state index contributed by atoms with van der Waals surface area (Å²) in [5, 5.41) is 3.52. The third-order valence-electron chi connectivity index (χ3n) is 4.59. The van der Waals surface area contributed by atoms with Crippen LogP contribution < -0.4 is 11.1 Å². The van der Waals surface area contributed by atoms with Crippen molar-refractivity contribution in [2.75, 3.05) is 11.1 Å². The molecule has 3 N–H and O–H groups in total. The molecule has 0 saturated heterocycles. The van der Waals surface area contributed by atoms with Gasteiger partial charge in [-0.25, -0.2) is 4.98 Å². The first-order valence-electron chi connectivity index (χ1n) is 6.70. The largest absolute Gasteiger partial charge is 0.399 e. The first kappa shape index (κ1) is 10.9. The van der Waals surface area contributed by atoms with Gasteiger partial charge in [0, 0.05) is 24.0 Å². The van der Waals surface area contributed by atoms with E-state index >= 15 is 0 Å². The molecule has 1 heterocycles. The predicted octanol–water partition coefficient (Wildman–Crippen LogP) is 2.90. The van der Waals surface area contributed by atoms with E-state index in [-0.39, 0.29) is 0 Å². The fraction of sp³-hybridized carbons (Fsp3) is 0.643. The van der Waals surface area contributed by atoms with E-state index in [9.17, 15) is 0 Å². The van der Waals surface area contributed by atoms with Crippen molar-refractivity contribution in [2.45, 2.75) is 38.6 Å². The van der Waals surface area contributed by atoms with E-state index in [0.29, 0.717) is 6.04 Å². The van der Waals surface area contributed by atoms with Crippen LogP contribution in [0.3, 0.4) is 0 Å². The van der Waals surface area contributed by atoms with Gasteiger partial charge >= 0.3 is 0 Å². The van der Waals surface area contributed by atoms with E-state index in [1.165, 1.54) is 25.7 Å². The van der Waals surface area contributed by atoms with Crippen molar-refractivity contribution in [2.24, 2.45) is 17.8 Å². The number of aromatic nitrogens is 1. The first-order valence-corrected chi connectivity index (χ1v) is 6.70. The molecule has 3 rings (SSSR count). The molecular weight excluding hydrogens is 210 g/mol. The molecule has 0 aromatic carbocycles. The molecule has 0 radical (unpaired) electrons. The van der Waals surface area contributed by atoms with Crippen molar-refractivity contribution in [3.05, 3.63) is 18.3 Å². The van der Waals surface area contributed by atoms with Crippen LogP contribution in [0.5, 0.6) is 0 Å². The number of nitrogens with two attached hydrogens (primary N) is 1. The maximum Gasteiger partial charge on any atom is 0.128 e. The summed E-state index contributed by atoms with van der Waals surface area (Å²) in [7, 11) is 0. The van der Waals surface area contributed by atoms with Gasteiger partial charge in [0.1, 0.15) is 5.82 Å². The Hall–Kier alpha value is -1.25. The molecule has 0 spiro atoms. The number of pyridine rings is 1. The Kier molecular flexibility index (Phi) is 2.69. The Labute approximate surface area is 103 Å². The van der Waals surface area contributed by atoms with Crippen molar-refractivity contribution in [3.8, 4) is 0 Å². The quantitative estimate of drug-likeness (QED) is 0.841. The molecule has 1 aromatic rings. The maximum absolute atomic E-state index is 5.77. The molecule has 2 aliphatic rings. The van der Waals surface area contributed by atoms with Gasteiger partial charge in [0.25, 0.3) is 0 Å². The Morgan fingerprint density at radius 1 is 1.41 bits per heavy atom. The highest BCUT2D eigenvalue weighted by atomic mass is 15.0. The number of rotatable bonds is 3. The van der Waals surface area contributed by atoms with Gasteiger partial charge in [-0.15, -0.1) is 0 Å². The summed E-state index contributed by atoms with van der Waals surface area (Å²) in [6.45, 7) is 2.29. The summed E-state index contributed by atoms with van der Waals surface area (Å²) in [4.78, 5) is 4.32. The minimum absolute atomic E-state index is 0.514. The minimum atomic E-state index is 0.514. The molecule has 0 amide bonds. The molecular formula is C14H21N3. The fourth-order valence-electron chi connectivity index (χ4n) is 3.77. The van der Waals surface area contributed by atoms with Crippen LogP contribution in [-0.4, -0.2) is 11.0 Å². The lowest BCUT2D eigenvalue weighted by Crippen LogP contribution is -2.30. The third-order valence-corrected chi connectivity index (χ3v) is 4.59. The van der Waals surface area contributed by atoms with Gasteiger partial charge in [-0.05, 0) is 50.0 Å². The van der Waals surface area contributed by atoms with E-state index in [0.717, 1.165) is 29.3 Å². The fourth-order valence-corrected chi connectivity index (χ4v) is 3.77. The van der Waals surface area contributed by atoms with Gasteiger partial charge in [-0.2, -0.15) is 0 Å². The molecule has 3 nitrogen and oxygen atoms in total. The second-order valence-electron chi connectivity index (χ2n) is 5.75. The monoisotopic (exact) mass is 231 g/mol. The second kappa shape index (κ2) is 4.21. The molecule has 0 aliphatic heterocycles. The smallest absolute Gasteiger partial charge is 0.128 e. The summed E-state index contributed by atoms with van der Waals surface area (Å²) in [6.07, 6.45) is 7.53. The van der Waals surface area contributed by atoms with Crippen molar-refractivity contribution >= 4 is 11.5 Å². The van der Waals surface area contributed by atoms with Gasteiger partial charge in [0.15, 0.2) is 0 Å². The number of nitrogen functional groups attached to an aromatic ring is 1. The van der Waals surface area contributed by atoms with Crippen LogP contribution in [0.15, 0.2) is 18.3 Å². The molecule has 3 heteroatoms. The summed E-state index contributed by atoms with van der Waals surface area (Å²) in [6, 6.07) is 4.26.